The van der Waals surface area contributed by atoms with E-state index in [-0.39, 0.29) is 11.4 Å². The lowest BCUT2D eigenvalue weighted by molar-refractivity contribution is 0.195. The maximum atomic E-state index is 13.3. The highest BCUT2D eigenvalue weighted by Gasteiger charge is 2.14. The summed E-state index contributed by atoms with van der Waals surface area (Å²) in [5.41, 5.74) is 3.29. The van der Waals surface area contributed by atoms with Gasteiger partial charge in [-0.15, -0.1) is 0 Å². The Morgan fingerprint density at radius 2 is 1.93 bits per heavy atom. The summed E-state index contributed by atoms with van der Waals surface area (Å²) in [7, 11) is 1.66. The number of methoxy groups -OCH3 is 1. The average Bonchev–Trinajstić information content (AvgIpc) is 2.72. The van der Waals surface area contributed by atoms with Crippen molar-refractivity contribution in [3.63, 3.8) is 0 Å². The molecule has 0 amide bonds. The number of fused-ring (bicyclic) bond motifs is 1. The Labute approximate surface area is 180 Å². The molecule has 0 aliphatic rings. The third-order valence-corrected chi connectivity index (χ3v) is 5.22. The van der Waals surface area contributed by atoms with E-state index in [9.17, 15) is 9.18 Å². The fraction of sp³-hybridized carbons (Fsp3) is 0.304. The number of ether oxygens (including phenoxy) is 1. The number of hydrogen-bond acceptors (Lipinski definition) is 3. The SMILES string of the molecule is COCCCNC(=S)N(Cc1ccc(F)cc1)Cc1cc2ccc(C)cc2[nH]c1=O. The summed E-state index contributed by atoms with van der Waals surface area (Å²) < 4.78 is 18.4. The normalized spacial score (nSPS) is 10.9. The molecule has 1 heterocycles. The molecule has 0 atom stereocenters. The van der Waals surface area contributed by atoms with Gasteiger partial charge in [-0.05, 0) is 66.3 Å². The van der Waals surface area contributed by atoms with E-state index in [1.807, 2.05) is 36.1 Å². The van der Waals surface area contributed by atoms with Crippen molar-refractivity contribution >= 4 is 28.2 Å². The Bertz CT molecular complexity index is 1070. The molecule has 2 aromatic carbocycles. The molecule has 0 saturated carbocycles. The summed E-state index contributed by atoms with van der Waals surface area (Å²) in [6.45, 7) is 4.09. The van der Waals surface area contributed by atoms with Crippen LogP contribution in [0.2, 0.25) is 0 Å². The number of benzene rings is 2. The third-order valence-electron chi connectivity index (χ3n) is 4.81. The fourth-order valence-electron chi connectivity index (χ4n) is 3.22. The van der Waals surface area contributed by atoms with Crippen molar-refractivity contribution in [3.05, 3.63) is 81.4 Å². The largest absolute Gasteiger partial charge is 0.385 e. The Morgan fingerprint density at radius 3 is 2.67 bits per heavy atom. The van der Waals surface area contributed by atoms with Gasteiger partial charge in [-0.25, -0.2) is 4.39 Å². The van der Waals surface area contributed by atoms with Crippen LogP contribution in [0.3, 0.4) is 0 Å². The van der Waals surface area contributed by atoms with Crippen LogP contribution in [-0.4, -0.2) is 35.3 Å². The minimum Gasteiger partial charge on any atom is -0.385 e. The predicted molar refractivity (Wildman–Crippen MR) is 122 cm³/mol. The molecule has 7 heteroatoms. The average molecular weight is 428 g/mol. The molecule has 1 aromatic heterocycles. The molecule has 30 heavy (non-hydrogen) atoms. The van der Waals surface area contributed by atoms with Crippen molar-refractivity contribution in [1.82, 2.24) is 15.2 Å². The fourth-order valence-corrected chi connectivity index (χ4v) is 3.45. The quantitative estimate of drug-likeness (QED) is 0.422. The highest BCUT2D eigenvalue weighted by atomic mass is 32.1. The molecule has 158 valence electrons. The van der Waals surface area contributed by atoms with Gasteiger partial charge < -0.3 is 19.9 Å². The molecule has 0 aliphatic carbocycles. The Morgan fingerprint density at radius 1 is 1.17 bits per heavy atom. The van der Waals surface area contributed by atoms with Crippen molar-refractivity contribution in [2.45, 2.75) is 26.4 Å². The standard InChI is InChI=1S/C23H26FN3O2S/c1-16-4-7-18-13-19(22(28)26-21(18)12-16)15-27(23(30)25-10-3-11-29-2)14-17-5-8-20(24)9-6-17/h4-9,12-13H,3,10-11,14-15H2,1-2H3,(H,25,30)(H,26,28). The van der Waals surface area contributed by atoms with Gasteiger partial charge in [0.25, 0.3) is 5.56 Å². The second-order valence-corrected chi connectivity index (χ2v) is 7.66. The molecule has 2 N–H and O–H groups in total. The van der Waals surface area contributed by atoms with Crippen molar-refractivity contribution in [2.24, 2.45) is 0 Å². The van der Waals surface area contributed by atoms with Gasteiger partial charge in [-0.1, -0.05) is 24.3 Å². The highest BCUT2D eigenvalue weighted by Crippen LogP contribution is 2.15. The summed E-state index contributed by atoms with van der Waals surface area (Å²) in [6, 6.07) is 14.2. The summed E-state index contributed by atoms with van der Waals surface area (Å²) in [5.74, 6) is -0.285. The van der Waals surface area contributed by atoms with E-state index in [1.54, 1.807) is 19.2 Å². The zero-order valence-corrected chi connectivity index (χ0v) is 18.0. The first-order valence-electron chi connectivity index (χ1n) is 9.85. The molecule has 3 aromatic rings. The van der Waals surface area contributed by atoms with Crippen molar-refractivity contribution in [3.8, 4) is 0 Å². The Balaban J connectivity index is 1.83. The van der Waals surface area contributed by atoms with Crippen LogP contribution in [0.25, 0.3) is 10.9 Å². The number of halogens is 1. The molecule has 0 bridgehead atoms. The van der Waals surface area contributed by atoms with Crippen LogP contribution in [0.5, 0.6) is 0 Å². The van der Waals surface area contributed by atoms with Gasteiger partial charge >= 0.3 is 0 Å². The minimum absolute atomic E-state index is 0.139. The van der Waals surface area contributed by atoms with E-state index >= 15 is 0 Å². The molecule has 0 aliphatic heterocycles. The molecule has 0 spiro atoms. The smallest absolute Gasteiger partial charge is 0.253 e. The number of aromatic nitrogens is 1. The Kier molecular flexibility index (Phi) is 7.54. The van der Waals surface area contributed by atoms with E-state index in [2.05, 4.69) is 10.3 Å². The predicted octanol–water partition coefficient (Wildman–Crippen LogP) is 3.89. The van der Waals surface area contributed by atoms with Gasteiger partial charge in [-0.3, -0.25) is 4.79 Å². The van der Waals surface area contributed by atoms with Gasteiger partial charge in [0.2, 0.25) is 0 Å². The van der Waals surface area contributed by atoms with Gasteiger partial charge in [0.05, 0.1) is 6.54 Å². The van der Waals surface area contributed by atoms with E-state index in [0.29, 0.717) is 36.9 Å². The molecular formula is C23H26FN3O2S. The van der Waals surface area contributed by atoms with Crippen LogP contribution >= 0.6 is 12.2 Å². The Hall–Kier alpha value is -2.77. The summed E-state index contributed by atoms with van der Waals surface area (Å²) >= 11 is 5.59. The summed E-state index contributed by atoms with van der Waals surface area (Å²) in [6.07, 6.45) is 0.816. The first-order valence-corrected chi connectivity index (χ1v) is 10.3. The molecule has 5 nitrogen and oxygen atoms in total. The number of pyridine rings is 1. The maximum absolute atomic E-state index is 13.3. The van der Waals surface area contributed by atoms with Crippen LogP contribution in [0.15, 0.2) is 53.3 Å². The molecular weight excluding hydrogens is 401 g/mol. The molecule has 3 rings (SSSR count). The number of thiocarbonyl (C=S) groups is 1. The van der Waals surface area contributed by atoms with Crippen molar-refractivity contribution < 1.29 is 9.13 Å². The van der Waals surface area contributed by atoms with Crippen LogP contribution < -0.4 is 10.9 Å². The third kappa shape index (κ3) is 5.87. The van der Waals surface area contributed by atoms with Gasteiger partial charge in [-0.2, -0.15) is 0 Å². The van der Waals surface area contributed by atoms with Crippen LogP contribution in [0.4, 0.5) is 4.39 Å². The van der Waals surface area contributed by atoms with Crippen LogP contribution in [-0.2, 0) is 17.8 Å². The topological polar surface area (TPSA) is 57.4 Å². The zero-order chi connectivity index (χ0) is 21.5. The second kappa shape index (κ2) is 10.3. The van der Waals surface area contributed by atoms with E-state index in [4.69, 9.17) is 17.0 Å². The van der Waals surface area contributed by atoms with E-state index in [1.165, 1.54) is 12.1 Å². The molecule has 0 radical (unpaired) electrons. The van der Waals surface area contributed by atoms with Crippen molar-refractivity contribution in [1.29, 1.82) is 0 Å². The summed E-state index contributed by atoms with van der Waals surface area (Å²) in [4.78, 5) is 17.6. The van der Waals surface area contributed by atoms with Crippen LogP contribution in [0, 0.1) is 12.7 Å². The number of nitrogens with zero attached hydrogens (tertiary/aromatic N) is 1. The number of rotatable bonds is 8. The maximum Gasteiger partial charge on any atom is 0.253 e. The summed E-state index contributed by atoms with van der Waals surface area (Å²) in [5, 5.41) is 4.73. The van der Waals surface area contributed by atoms with E-state index < -0.39 is 0 Å². The molecule has 0 fully saturated rings. The van der Waals surface area contributed by atoms with E-state index in [0.717, 1.165) is 28.5 Å². The first kappa shape index (κ1) is 21.9. The molecule has 0 saturated heterocycles. The number of aryl methyl sites for hydroxylation is 1. The zero-order valence-electron chi connectivity index (χ0n) is 17.2. The van der Waals surface area contributed by atoms with Crippen LogP contribution in [0.1, 0.15) is 23.1 Å². The highest BCUT2D eigenvalue weighted by molar-refractivity contribution is 7.80. The second-order valence-electron chi connectivity index (χ2n) is 7.28. The molecule has 0 unspecified atom stereocenters. The lowest BCUT2D eigenvalue weighted by Gasteiger charge is -2.26. The number of H-pyrrole nitrogens is 1. The first-order chi connectivity index (χ1) is 14.5. The lowest BCUT2D eigenvalue weighted by atomic mass is 10.1. The number of nitrogens with one attached hydrogen (secondary N) is 2. The van der Waals surface area contributed by atoms with Gasteiger partial charge in [0.1, 0.15) is 5.82 Å². The van der Waals surface area contributed by atoms with Gasteiger partial charge in [0, 0.05) is 37.9 Å². The monoisotopic (exact) mass is 427 g/mol. The minimum atomic E-state index is -0.285. The van der Waals surface area contributed by atoms with Gasteiger partial charge in [0.15, 0.2) is 5.11 Å². The number of hydrogen-bond donors (Lipinski definition) is 2. The number of aromatic amines is 1. The van der Waals surface area contributed by atoms with Crippen molar-refractivity contribution in [2.75, 3.05) is 20.3 Å². The lowest BCUT2D eigenvalue weighted by Crippen LogP contribution is -2.40.